The molecule has 0 bridgehead atoms. The Bertz CT molecular complexity index is 1670. The van der Waals surface area contributed by atoms with Crippen LogP contribution in [0.25, 0.3) is 0 Å². The highest BCUT2D eigenvalue weighted by Crippen LogP contribution is 2.16. The van der Waals surface area contributed by atoms with Crippen LogP contribution >= 0.6 is 0 Å². The summed E-state index contributed by atoms with van der Waals surface area (Å²) in [5.41, 5.74) is 0. The van der Waals surface area contributed by atoms with Crippen molar-refractivity contribution >= 4 is 17.9 Å². The lowest BCUT2D eigenvalue weighted by Gasteiger charge is -2.18. The lowest BCUT2D eigenvalue weighted by molar-refractivity contribution is -0.167. The standard InChI is InChI=1S/C72H118O6/c1-4-7-10-13-16-18-20-22-24-26-28-30-31-32-33-34-35-36-37-38-39-40-41-43-44-46-48-50-52-54-56-59-62-65-71(74)77-68-69(67-76-70(73)64-61-58-15-12-9-6-3)78-72(75)66-63-60-57-55-53-51-49-47-45-42-29-27-25-23-21-19-17-14-11-8-5-2/h7-8,10-11,16-19,22-25,28-30,32-33,42,47,49,53,55,69H,4-6,9,12-15,20-21,26-27,31,34-41,43-46,48,50-52,54,56-68H2,1-3H3/b10-7-,11-8-,18-16-,19-17-,24-22-,25-23-,30-28-,33-32-,42-29-,49-47-,55-53-. The Morgan fingerprint density at radius 1 is 0.269 bits per heavy atom. The number of ether oxygens (including phenoxy) is 3. The molecule has 1 unspecified atom stereocenters. The van der Waals surface area contributed by atoms with Gasteiger partial charge in [-0.15, -0.1) is 0 Å². The molecule has 0 radical (unpaired) electrons. The minimum Gasteiger partial charge on any atom is -0.462 e. The van der Waals surface area contributed by atoms with Gasteiger partial charge in [-0.05, 0) is 116 Å². The van der Waals surface area contributed by atoms with Gasteiger partial charge in [0.2, 0.25) is 0 Å². The third-order valence-electron chi connectivity index (χ3n) is 13.4. The summed E-state index contributed by atoms with van der Waals surface area (Å²) in [5.74, 6) is -0.948. The average Bonchev–Trinajstić information content (AvgIpc) is 3.44. The summed E-state index contributed by atoms with van der Waals surface area (Å²) in [7, 11) is 0. The van der Waals surface area contributed by atoms with E-state index in [1.807, 2.05) is 0 Å². The fourth-order valence-corrected chi connectivity index (χ4v) is 8.65. The SMILES string of the molecule is CC/C=C\C/C=C\C/C=C\C/C=C\C/C=C\C/C=C\CCCCC(=O)OC(COC(=O)CCCCCCCC)COC(=O)CCCCCCCCCCCCCCCCCCC/C=C\C/C=C\C/C=C\C/C=C\C/C=C\CC. The zero-order valence-corrected chi connectivity index (χ0v) is 50.6. The molecule has 0 rings (SSSR count). The van der Waals surface area contributed by atoms with Gasteiger partial charge in [-0.3, -0.25) is 14.4 Å². The van der Waals surface area contributed by atoms with Crippen LogP contribution in [0.15, 0.2) is 134 Å². The molecule has 0 aromatic rings. The molecule has 442 valence electrons. The highest BCUT2D eigenvalue weighted by atomic mass is 16.6. The van der Waals surface area contributed by atoms with Crippen molar-refractivity contribution in [2.24, 2.45) is 0 Å². The van der Waals surface area contributed by atoms with Crippen LogP contribution in [0.2, 0.25) is 0 Å². The van der Waals surface area contributed by atoms with Crippen molar-refractivity contribution in [3.63, 3.8) is 0 Å². The Morgan fingerprint density at radius 3 is 0.808 bits per heavy atom. The van der Waals surface area contributed by atoms with E-state index in [0.717, 1.165) is 122 Å². The topological polar surface area (TPSA) is 78.9 Å². The largest absolute Gasteiger partial charge is 0.462 e. The summed E-state index contributed by atoms with van der Waals surface area (Å²) >= 11 is 0. The number of hydrogen-bond donors (Lipinski definition) is 0. The maximum absolute atomic E-state index is 12.8. The third-order valence-corrected chi connectivity index (χ3v) is 13.4. The molecule has 0 fully saturated rings. The lowest BCUT2D eigenvalue weighted by atomic mass is 10.0. The maximum Gasteiger partial charge on any atom is 0.306 e. The van der Waals surface area contributed by atoms with Crippen molar-refractivity contribution in [2.75, 3.05) is 13.2 Å². The van der Waals surface area contributed by atoms with Gasteiger partial charge in [-0.25, -0.2) is 0 Å². The monoisotopic (exact) mass is 1080 g/mol. The molecule has 6 heteroatoms. The predicted molar refractivity (Wildman–Crippen MR) is 339 cm³/mol. The summed E-state index contributed by atoms with van der Waals surface area (Å²) < 4.78 is 16.8. The molecule has 0 saturated carbocycles. The van der Waals surface area contributed by atoms with E-state index in [0.29, 0.717) is 19.3 Å². The first-order valence-electron chi connectivity index (χ1n) is 32.2. The first-order chi connectivity index (χ1) is 38.5. The fourth-order valence-electron chi connectivity index (χ4n) is 8.65. The summed E-state index contributed by atoms with van der Waals surface area (Å²) in [6, 6.07) is 0. The van der Waals surface area contributed by atoms with Gasteiger partial charge in [0.25, 0.3) is 0 Å². The van der Waals surface area contributed by atoms with Crippen molar-refractivity contribution < 1.29 is 28.6 Å². The van der Waals surface area contributed by atoms with Crippen molar-refractivity contribution in [1.29, 1.82) is 0 Å². The van der Waals surface area contributed by atoms with Crippen LogP contribution < -0.4 is 0 Å². The van der Waals surface area contributed by atoms with Crippen molar-refractivity contribution in [3.8, 4) is 0 Å². The van der Waals surface area contributed by atoms with E-state index < -0.39 is 6.10 Å². The molecule has 78 heavy (non-hydrogen) atoms. The van der Waals surface area contributed by atoms with Gasteiger partial charge in [0.05, 0.1) is 0 Å². The second-order valence-electron chi connectivity index (χ2n) is 20.9. The van der Waals surface area contributed by atoms with E-state index in [1.165, 1.54) is 116 Å². The number of rotatable bonds is 57. The van der Waals surface area contributed by atoms with Crippen molar-refractivity contribution in [2.45, 2.75) is 290 Å². The van der Waals surface area contributed by atoms with E-state index in [1.54, 1.807) is 0 Å². The number of allylic oxidation sites excluding steroid dienone is 22. The molecule has 0 N–H and O–H groups in total. The van der Waals surface area contributed by atoms with Crippen LogP contribution in [-0.4, -0.2) is 37.2 Å². The first-order valence-corrected chi connectivity index (χ1v) is 32.2. The zero-order valence-electron chi connectivity index (χ0n) is 50.6. The summed E-state index contributed by atoms with van der Waals surface area (Å²) in [6.45, 7) is 6.32. The maximum atomic E-state index is 12.8. The van der Waals surface area contributed by atoms with Crippen LogP contribution in [-0.2, 0) is 28.6 Å². The number of unbranched alkanes of at least 4 members (excludes halogenated alkanes) is 24. The van der Waals surface area contributed by atoms with Crippen LogP contribution in [0.4, 0.5) is 0 Å². The molecule has 0 aliphatic heterocycles. The van der Waals surface area contributed by atoms with Gasteiger partial charge in [-0.2, -0.15) is 0 Å². The quantitative estimate of drug-likeness (QED) is 0.0261. The molecule has 0 heterocycles. The smallest absolute Gasteiger partial charge is 0.306 e. The van der Waals surface area contributed by atoms with Gasteiger partial charge in [0, 0.05) is 19.3 Å². The molecule has 0 amide bonds. The lowest BCUT2D eigenvalue weighted by Crippen LogP contribution is -2.30. The van der Waals surface area contributed by atoms with Crippen LogP contribution in [0.3, 0.4) is 0 Å². The highest BCUT2D eigenvalue weighted by molar-refractivity contribution is 5.71. The van der Waals surface area contributed by atoms with Crippen molar-refractivity contribution in [1.82, 2.24) is 0 Å². The minimum atomic E-state index is -0.801. The summed E-state index contributed by atoms with van der Waals surface area (Å²) in [6.07, 6.45) is 92.2. The van der Waals surface area contributed by atoms with Gasteiger partial charge in [0.15, 0.2) is 6.10 Å². The van der Waals surface area contributed by atoms with Gasteiger partial charge in [-0.1, -0.05) is 283 Å². The molecular formula is C72H118O6. The molecule has 0 spiro atoms. The third kappa shape index (κ3) is 62.4. The van der Waals surface area contributed by atoms with Gasteiger partial charge >= 0.3 is 17.9 Å². The Kier molecular flexibility index (Phi) is 61.4. The molecule has 0 aliphatic carbocycles. The Morgan fingerprint density at radius 2 is 0.500 bits per heavy atom. The number of carbonyl (C=O) groups is 3. The van der Waals surface area contributed by atoms with E-state index in [2.05, 4.69) is 154 Å². The normalized spacial score (nSPS) is 13.0. The van der Waals surface area contributed by atoms with E-state index in [4.69, 9.17) is 14.2 Å². The number of esters is 3. The molecule has 6 nitrogen and oxygen atoms in total. The Labute approximate surface area is 481 Å². The Balaban J connectivity index is 4.09. The zero-order chi connectivity index (χ0) is 56.4. The molecular weight excluding hydrogens is 961 g/mol. The average molecular weight is 1080 g/mol. The predicted octanol–water partition coefficient (Wildman–Crippen LogP) is 22.2. The van der Waals surface area contributed by atoms with Crippen LogP contribution in [0.5, 0.6) is 0 Å². The molecule has 0 aliphatic rings. The fraction of sp³-hybridized carbons (Fsp3) is 0.653. The van der Waals surface area contributed by atoms with Gasteiger partial charge < -0.3 is 14.2 Å². The molecule has 0 aromatic carbocycles. The number of hydrogen-bond acceptors (Lipinski definition) is 6. The number of carbonyl (C=O) groups excluding carboxylic acids is 3. The molecule has 1 atom stereocenters. The van der Waals surface area contributed by atoms with Crippen LogP contribution in [0.1, 0.15) is 284 Å². The van der Waals surface area contributed by atoms with Crippen molar-refractivity contribution in [3.05, 3.63) is 134 Å². The van der Waals surface area contributed by atoms with E-state index in [-0.39, 0.29) is 37.5 Å². The van der Waals surface area contributed by atoms with Gasteiger partial charge in [0.1, 0.15) is 13.2 Å². The Hall–Kier alpha value is -4.45. The van der Waals surface area contributed by atoms with Crippen LogP contribution in [0, 0.1) is 0 Å². The molecule has 0 saturated heterocycles. The van der Waals surface area contributed by atoms with E-state index in [9.17, 15) is 14.4 Å². The second-order valence-corrected chi connectivity index (χ2v) is 20.9. The molecule has 0 aromatic heterocycles. The highest BCUT2D eigenvalue weighted by Gasteiger charge is 2.19. The first kappa shape index (κ1) is 73.5. The minimum absolute atomic E-state index is 0.0963. The summed E-state index contributed by atoms with van der Waals surface area (Å²) in [5, 5.41) is 0. The van der Waals surface area contributed by atoms with E-state index >= 15 is 0 Å². The second kappa shape index (κ2) is 65.1. The summed E-state index contributed by atoms with van der Waals surface area (Å²) in [4.78, 5) is 38.0.